The van der Waals surface area contributed by atoms with E-state index in [4.69, 9.17) is 10.6 Å². The SMILES string of the molecule is COC(C(C)C)C(NN)c1ccn(C)n1. The molecular formula is C10H20N4O. The Balaban J connectivity index is 2.86. The van der Waals surface area contributed by atoms with Crippen LogP contribution in [0.15, 0.2) is 12.3 Å². The first kappa shape index (κ1) is 12.2. The molecule has 86 valence electrons. The summed E-state index contributed by atoms with van der Waals surface area (Å²) in [6, 6.07) is 1.87. The van der Waals surface area contributed by atoms with Crippen LogP contribution in [-0.4, -0.2) is 23.0 Å². The third-order valence-corrected chi connectivity index (χ3v) is 2.49. The fourth-order valence-corrected chi connectivity index (χ4v) is 1.74. The van der Waals surface area contributed by atoms with Crippen LogP contribution in [-0.2, 0) is 11.8 Å². The summed E-state index contributed by atoms with van der Waals surface area (Å²) in [5.74, 6) is 5.92. The van der Waals surface area contributed by atoms with Gasteiger partial charge in [-0.05, 0) is 12.0 Å². The van der Waals surface area contributed by atoms with Gasteiger partial charge in [0, 0.05) is 20.4 Å². The van der Waals surface area contributed by atoms with Crippen LogP contribution in [0.25, 0.3) is 0 Å². The van der Waals surface area contributed by atoms with Crippen molar-refractivity contribution < 1.29 is 4.74 Å². The number of ether oxygens (including phenoxy) is 1. The van der Waals surface area contributed by atoms with E-state index in [1.54, 1.807) is 11.8 Å². The Morgan fingerprint density at radius 3 is 2.53 bits per heavy atom. The van der Waals surface area contributed by atoms with Crippen LogP contribution in [0.5, 0.6) is 0 Å². The maximum absolute atomic E-state index is 5.55. The second-order valence-corrected chi connectivity index (χ2v) is 4.00. The second-order valence-electron chi connectivity index (χ2n) is 4.00. The minimum Gasteiger partial charge on any atom is -0.379 e. The summed E-state index contributed by atoms with van der Waals surface area (Å²) in [4.78, 5) is 0. The molecule has 0 saturated carbocycles. The molecule has 0 saturated heterocycles. The molecule has 1 heterocycles. The molecule has 2 unspecified atom stereocenters. The number of rotatable bonds is 5. The van der Waals surface area contributed by atoms with Crippen LogP contribution < -0.4 is 11.3 Å². The molecule has 0 spiro atoms. The van der Waals surface area contributed by atoms with Gasteiger partial charge in [-0.15, -0.1) is 0 Å². The fourth-order valence-electron chi connectivity index (χ4n) is 1.74. The molecule has 2 atom stereocenters. The number of hydrazine groups is 1. The molecule has 0 fully saturated rings. The minimum atomic E-state index is -0.0730. The van der Waals surface area contributed by atoms with Gasteiger partial charge in [0.2, 0.25) is 0 Å². The second kappa shape index (κ2) is 5.25. The van der Waals surface area contributed by atoms with Gasteiger partial charge in [-0.2, -0.15) is 5.10 Å². The third kappa shape index (κ3) is 2.77. The van der Waals surface area contributed by atoms with Crippen molar-refractivity contribution in [3.05, 3.63) is 18.0 Å². The number of nitrogens with one attached hydrogen (secondary N) is 1. The first-order valence-electron chi connectivity index (χ1n) is 5.08. The zero-order valence-electron chi connectivity index (χ0n) is 9.77. The lowest BCUT2D eigenvalue weighted by Gasteiger charge is -2.27. The van der Waals surface area contributed by atoms with E-state index in [9.17, 15) is 0 Å². The van der Waals surface area contributed by atoms with E-state index in [0.29, 0.717) is 5.92 Å². The maximum atomic E-state index is 5.55. The van der Waals surface area contributed by atoms with Crippen molar-refractivity contribution in [2.24, 2.45) is 18.8 Å². The average molecular weight is 212 g/mol. The molecule has 0 aliphatic carbocycles. The number of nitrogens with zero attached hydrogens (tertiary/aromatic N) is 2. The van der Waals surface area contributed by atoms with Crippen LogP contribution >= 0.6 is 0 Å². The molecule has 1 rings (SSSR count). The summed E-state index contributed by atoms with van der Waals surface area (Å²) in [7, 11) is 3.58. The highest BCUT2D eigenvalue weighted by Crippen LogP contribution is 2.22. The lowest BCUT2D eigenvalue weighted by Crippen LogP contribution is -2.40. The molecule has 3 N–H and O–H groups in total. The lowest BCUT2D eigenvalue weighted by atomic mass is 9.97. The molecule has 0 radical (unpaired) electrons. The van der Waals surface area contributed by atoms with E-state index in [1.807, 2.05) is 19.3 Å². The molecular weight excluding hydrogens is 192 g/mol. The van der Waals surface area contributed by atoms with Crippen molar-refractivity contribution in [1.29, 1.82) is 0 Å². The third-order valence-electron chi connectivity index (χ3n) is 2.49. The number of hydrogen-bond acceptors (Lipinski definition) is 4. The zero-order chi connectivity index (χ0) is 11.4. The highest BCUT2D eigenvalue weighted by Gasteiger charge is 2.26. The Hall–Kier alpha value is -0.910. The maximum Gasteiger partial charge on any atom is 0.0914 e. The van der Waals surface area contributed by atoms with Gasteiger partial charge < -0.3 is 4.74 Å². The standard InChI is InChI=1S/C10H20N4O/c1-7(2)10(15-4)9(12-11)8-5-6-14(3)13-8/h5-7,9-10,12H,11H2,1-4H3. The molecule has 0 bridgehead atoms. The Kier molecular flexibility index (Phi) is 4.26. The van der Waals surface area contributed by atoms with Gasteiger partial charge in [-0.1, -0.05) is 13.8 Å². The Bertz CT molecular complexity index is 297. The summed E-state index contributed by atoms with van der Waals surface area (Å²) in [5.41, 5.74) is 3.67. The number of nitrogens with two attached hydrogens (primary N) is 1. The van der Waals surface area contributed by atoms with Gasteiger partial charge in [0.1, 0.15) is 0 Å². The summed E-state index contributed by atoms with van der Waals surface area (Å²) in [6.07, 6.45) is 1.91. The molecule has 0 aliphatic rings. The molecule has 5 nitrogen and oxygen atoms in total. The number of hydrogen-bond donors (Lipinski definition) is 2. The van der Waals surface area contributed by atoms with E-state index in [-0.39, 0.29) is 12.1 Å². The summed E-state index contributed by atoms with van der Waals surface area (Å²) < 4.78 is 7.19. The highest BCUT2D eigenvalue weighted by atomic mass is 16.5. The molecule has 1 aromatic heterocycles. The van der Waals surface area contributed by atoms with Gasteiger partial charge in [0.05, 0.1) is 17.8 Å². The van der Waals surface area contributed by atoms with Crippen molar-refractivity contribution in [3.63, 3.8) is 0 Å². The summed E-state index contributed by atoms with van der Waals surface area (Å²) in [6.45, 7) is 4.20. The first-order valence-corrected chi connectivity index (χ1v) is 5.08. The van der Waals surface area contributed by atoms with Crippen LogP contribution in [0.3, 0.4) is 0 Å². The van der Waals surface area contributed by atoms with Crippen LogP contribution in [0.1, 0.15) is 25.6 Å². The van der Waals surface area contributed by atoms with Crippen molar-refractivity contribution in [2.45, 2.75) is 26.0 Å². The summed E-state index contributed by atoms with van der Waals surface area (Å²) >= 11 is 0. The lowest BCUT2D eigenvalue weighted by molar-refractivity contribution is 0.0313. The van der Waals surface area contributed by atoms with Crippen molar-refractivity contribution in [3.8, 4) is 0 Å². The van der Waals surface area contributed by atoms with Crippen molar-refractivity contribution >= 4 is 0 Å². The predicted molar refractivity (Wildman–Crippen MR) is 58.9 cm³/mol. The molecule has 15 heavy (non-hydrogen) atoms. The van der Waals surface area contributed by atoms with Crippen molar-refractivity contribution in [1.82, 2.24) is 15.2 Å². The van der Waals surface area contributed by atoms with Gasteiger partial charge in [-0.25, -0.2) is 5.43 Å². The zero-order valence-corrected chi connectivity index (χ0v) is 9.77. The van der Waals surface area contributed by atoms with Gasteiger partial charge in [0.15, 0.2) is 0 Å². The quantitative estimate of drug-likeness (QED) is 0.554. The van der Waals surface area contributed by atoms with Gasteiger partial charge in [-0.3, -0.25) is 10.5 Å². The van der Waals surface area contributed by atoms with Crippen LogP contribution in [0, 0.1) is 5.92 Å². The van der Waals surface area contributed by atoms with Crippen LogP contribution in [0.4, 0.5) is 0 Å². The molecule has 5 heteroatoms. The van der Waals surface area contributed by atoms with Crippen molar-refractivity contribution in [2.75, 3.05) is 7.11 Å². The van der Waals surface area contributed by atoms with E-state index in [1.165, 1.54) is 0 Å². The Morgan fingerprint density at radius 1 is 1.53 bits per heavy atom. The first-order chi connectivity index (χ1) is 7.10. The highest BCUT2D eigenvalue weighted by molar-refractivity contribution is 5.07. The molecule has 0 aliphatic heterocycles. The monoisotopic (exact) mass is 212 g/mol. The number of aromatic nitrogens is 2. The van der Waals surface area contributed by atoms with E-state index in [2.05, 4.69) is 24.4 Å². The van der Waals surface area contributed by atoms with E-state index in [0.717, 1.165) is 5.69 Å². The predicted octanol–water partition coefficient (Wildman–Crippen LogP) is 0.595. The van der Waals surface area contributed by atoms with Gasteiger partial charge in [0.25, 0.3) is 0 Å². The molecule has 1 aromatic rings. The number of aryl methyl sites for hydroxylation is 1. The summed E-state index contributed by atoms with van der Waals surface area (Å²) in [5, 5.41) is 4.33. The average Bonchev–Trinajstić information content (AvgIpc) is 2.60. The Labute approximate surface area is 90.6 Å². The largest absolute Gasteiger partial charge is 0.379 e. The Morgan fingerprint density at radius 2 is 2.20 bits per heavy atom. The topological polar surface area (TPSA) is 65.1 Å². The molecule has 0 amide bonds. The van der Waals surface area contributed by atoms with Crippen LogP contribution in [0.2, 0.25) is 0 Å². The minimum absolute atomic E-state index is 0.0184. The van der Waals surface area contributed by atoms with E-state index < -0.39 is 0 Å². The smallest absolute Gasteiger partial charge is 0.0914 e. The molecule has 0 aromatic carbocycles. The fraction of sp³-hybridized carbons (Fsp3) is 0.700. The number of methoxy groups -OCH3 is 1. The van der Waals surface area contributed by atoms with E-state index >= 15 is 0 Å². The normalized spacial score (nSPS) is 15.6. The van der Waals surface area contributed by atoms with Gasteiger partial charge >= 0.3 is 0 Å².